The van der Waals surface area contributed by atoms with E-state index in [9.17, 15) is 5.11 Å². The molecule has 1 unspecified atom stereocenters. The van der Waals surface area contributed by atoms with Crippen LogP contribution in [-0.2, 0) is 6.54 Å². The highest BCUT2D eigenvalue weighted by molar-refractivity contribution is 9.10. The molecular formula is C14H15BrN2O. The first kappa shape index (κ1) is 13.1. The SMILES string of the molecule is CC(NCc1cccc(Br)n1)c1cccc(O)c1. The van der Waals surface area contributed by atoms with Crippen LogP contribution in [0.2, 0.25) is 0 Å². The first-order valence-corrected chi connectivity index (χ1v) is 6.58. The number of aromatic hydroxyl groups is 1. The Morgan fingerprint density at radius 3 is 2.78 bits per heavy atom. The van der Waals surface area contributed by atoms with Crippen molar-refractivity contribution in [2.75, 3.05) is 0 Å². The minimum absolute atomic E-state index is 0.165. The van der Waals surface area contributed by atoms with Crippen LogP contribution in [0.4, 0.5) is 0 Å². The van der Waals surface area contributed by atoms with Crippen LogP contribution < -0.4 is 5.32 Å². The predicted octanol–water partition coefficient (Wildman–Crippen LogP) is 3.40. The summed E-state index contributed by atoms with van der Waals surface area (Å²) in [5.74, 6) is 0.293. The maximum absolute atomic E-state index is 9.44. The summed E-state index contributed by atoms with van der Waals surface area (Å²) in [7, 11) is 0. The number of nitrogens with zero attached hydrogens (tertiary/aromatic N) is 1. The number of pyridine rings is 1. The van der Waals surface area contributed by atoms with E-state index in [1.165, 1.54) is 0 Å². The van der Waals surface area contributed by atoms with E-state index in [-0.39, 0.29) is 6.04 Å². The Balaban J connectivity index is 1.98. The molecule has 0 aliphatic carbocycles. The first-order valence-electron chi connectivity index (χ1n) is 5.79. The molecule has 0 spiro atoms. The van der Waals surface area contributed by atoms with Gasteiger partial charge in [0.1, 0.15) is 10.4 Å². The lowest BCUT2D eigenvalue weighted by Gasteiger charge is -2.14. The van der Waals surface area contributed by atoms with Gasteiger partial charge in [0.2, 0.25) is 0 Å². The molecule has 0 bridgehead atoms. The highest BCUT2D eigenvalue weighted by Gasteiger charge is 2.05. The van der Waals surface area contributed by atoms with Gasteiger partial charge in [-0.25, -0.2) is 4.98 Å². The summed E-state index contributed by atoms with van der Waals surface area (Å²) in [5.41, 5.74) is 2.04. The van der Waals surface area contributed by atoms with E-state index in [1.54, 1.807) is 12.1 Å². The van der Waals surface area contributed by atoms with Crippen LogP contribution in [0.5, 0.6) is 5.75 Å². The number of phenols is 1. The maximum atomic E-state index is 9.44. The van der Waals surface area contributed by atoms with Gasteiger partial charge >= 0.3 is 0 Å². The number of hydrogen-bond acceptors (Lipinski definition) is 3. The zero-order valence-electron chi connectivity index (χ0n) is 10.1. The van der Waals surface area contributed by atoms with Crippen LogP contribution in [0.15, 0.2) is 47.1 Å². The fourth-order valence-corrected chi connectivity index (χ4v) is 2.10. The monoisotopic (exact) mass is 306 g/mol. The zero-order chi connectivity index (χ0) is 13.0. The van der Waals surface area contributed by atoms with Crippen LogP contribution in [0.25, 0.3) is 0 Å². The third-order valence-electron chi connectivity index (χ3n) is 2.73. The second kappa shape index (κ2) is 5.98. The number of phenolic OH excluding ortho intramolecular Hbond substituents is 1. The van der Waals surface area contributed by atoms with Crippen LogP contribution in [-0.4, -0.2) is 10.1 Å². The minimum Gasteiger partial charge on any atom is -0.508 e. The lowest BCUT2D eigenvalue weighted by atomic mass is 10.1. The van der Waals surface area contributed by atoms with Gasteiger partial charge in [-0.2, -0.15) is 0 Å². The van der Waals surface area contributed by atoms with Crippen molar-refractivity contribution in [3.05, 3.63) is 58.3 Å². The molecule has 2 N–H and O–H groups in total. The second-order valence-corrected chi connectivity index (χ2v) is 4.96. The first-order chi connectivity index (χ1) is 8.65. The van der Waals surface area contributed by atoms with Gasteiger partial charge in [-0.15, -0.1) is 0 Å². The number of aromatic nitrogens is 1. The molecule has 0 aliphatic rings. The van der Waals surface area contributed by atoms with Gasteiger partial charge in [-0.05, 0) is 52.7 Å². The van der Waals surface area contributed by atoms with Crippen molar-refractivity contribution in [3.63, 3.8) is 0 Å². The van der Waals surface area contributed by atoms with Crippen LogP contribution in [0, 0.1) is 0 Å². The standard InChI is InChI=1S/C14H15BrN2O/c1-10(11-4-2-6-13(18)8-11)16-9-12-5-3-7-14(15)17-12/h2-8,10,16,18H,9H2,1H3. The Morgan fingerprint density at radius 2 is 2.06 bits per heavy atom. The number of hydrogen-bond donors (Lipinski definition) is 2. The lowest BCUT2D eigenvalue weighted by molar-refractivity contribution is 0.472. The van der Waals surface area contributed by atoms with Crippen molar-refractivity contribution >= 4 is 15.9 Å². The van der Waals surface area contributed by atoms with Crippen molar-refractivity contribution in [3.8, 4) is 5.75 Å². The van der Waals surface area contributed by atoms with Gasteiger partial charge < -0.3 is 10.4 Å². The molecule has 0 radical (unpaired) electrons. The highest BCUT2D eigenvalue weighted by Crippen LogP contribution is 2.18. The number of rotatable bonds is 4. The molecule has 2 rings (SSSR count). The molecule has 1 heterocycles. The molecule has 0 fully saturated rings. The topological polar surface area (TPSA) is 45.2 Å². The Labute approximate surface area is 115 Å². The van der Waals surface area contributed by atoms with E-state index < -0.39 is 0 Å². The van der Waals surface area contributed by atoms with Gasteiger partial charge in [0.25, 0.3) is 0 Å². The average Bonchev–Trinajstić information content (AvgIpc) is 2.36. The molecule has 1 atom stereocenters. The van der Waals surface area contributed by atoms with Crippen molar-refractivity contribution in [2.24, 2.45) is 0 Å². The number of benzene rings is 1. The van der Waals surface area contributed by atoms with E-state index in [1.807, 2.05) is 30.3 Å². The molecule has 0 amide bonds. The zero-order valence-corrected chi connectivity index (χ0v) is 11.7. The predicted molar refractivity (Wildman–Crippen MR) is 75.3 cm³/mol. The summed E-state index contributed by atoms with van der Waals surface area (Å²) in [4.78, 5) is 4.36. The van der Waals surface area contributed by atoms with Crippen molar-refractivity contribution < 1.29 is 5.11 Å². The summed E-state index contributed by atoms with van der Waals surface area (Å²) in [6, 6.07) is 13.3. The molecule has 94 valence electrons. The molecule has 1 aromatic heterocycles. The number of halogens is 1. The second-order valence-electron chi connectivity index (χ2n) is 4.15. The normalized spacial score (nSPS) is 12.3. The summed E-state index contributed by atoms with van der Waals surface area (Å²) in [6.45, 7) is 2.75. The highest BCUT2D eigenvalue weighted by atomic mass is 79.9. The third kappa shape index (κ3) is 3.55. The van der Waals surface area contributed by atoms with E-state index >= 15 is 0 Å². The van der Waals surface area contributed by atoms with Crippen LogP contribution in [0.1, 0.15) is 24.2 Å². The van der Waals surface area contributed by atoms with Crippen molar-refractivity contribution in [1.82, 2.24) is 10.3 Å². The Morgan fingerprint density at radius 1 is 1.28 bits per heavy atom. The summed E-state index contributed by atoms with van der Waals surface area (Å²) < 4.78 is 0.840. The Bertz CT molecular complexity index is 531. The average molecular weight is 307 g/mol. The van der Waals surface area contributed by atoms with Crippen LogP contribution in [0.3, 0.4) is 0 Å². The Hall–Kier alpha value is -1.39. The number of nitrogens with one attached hydrogen (secondary N) is 1. The van der Waals surface area contributed by atoms with Gasteiger partial charge in [0.15, 0.2) is 0 Å². The van der Waals surface area contributed by atoms with E-state index in [2.05, 4.69) is 33.2 Å². The molecule has 0 saturated carbocycles. The molecule has 1 aromatic carbocycles. The van der Waals surface area contributed by atoms with Gasteiger partial charge in [-0.3, -0.25) is 0 Å². The Kier molecular flexibility index (Phi) is 4.33. The van der Waals surface area contributed by atoms with Crippen molar-refractivity contribution in [1.29, 1.82) is 0 Å². The maximum Gasteiger partial charge on any atom is 0.115 e. The largest absolute Gasteiger partial charge is 0.508 e. The minimum atomic E-state index is 0.165. The van der Waals surface area contributed by atoms with Gasteiger partial charge in [0, 0.05) is 12.6 Å². The fourth-order valence-electron chi connectivity index (χ4n) is 1.72. The molecule has 3 nitrogen and oxygen atoms in total. The summed E-state index contributed by atoms with van der Waals surface area (Å²) in [6.07, 6.45) is 0. The van der Waals surface area contributed by atoms with E-state index in [4.69, 9.17) is 0 Å². The molecule has 18 heavy (non-hydrogen) atoms. The molecule has 0 saturated heterocycles. The van der Waals surface area contributed by atoms with Crippen molar-refractivity contribution in [2.45, 2.75) is 19.5 Å². The van der Waals surface area contributed by atoms with E-state index in [0.717, 1.165) is 15.9 Å². The summed E-state index contributed by atoms with van der Waals surface area (Å²) in [5, 5.41) is 12.8. The van der Waals surface area contributed by atoms with Gasteiger partial charge in [0.05, 0.1) is 5.69 Å². The quantitative estimate of drug-likeness (QED) is 0.851. The fraction of sp³-hybridized carbons (Fsp3) is 0.214. The van der Waals surface area contributed by atoms with Crippen LogP contribution >= 0.6 is 15.9 Å². The smallest absolute Gasteiger partial charge is 0.115 e. The lowest BCUT2D eigenvalue weighted by Crippen LogP contribution is -2.18. The van der Waals surface area contributed by atoms with Gasteiger partial charge in [-0.1, -0.05) is 18.2 Å². The van der Waals surface area contributed by atoms with E-state index in [0.29, 0.717) is 12.3 Å². The summed E-state index contributed by atoms with van der Waals surface area (Å²) >= 11 is 3.35. The third-order valence-corrected chi connectivity index (χ3v) is 3.17. The molecule has 2 aromatic rings. The molecular weight excluding hydrogens is 292 g/mol. The molecule has 4 heteroatoms. The molecule has 0 aliphatic heterocycles.